The summed E-state index contributed by atoms with van der Waals surface area (Å²) in [5, 5.41) is 3.14. The summed E-state index contributed by atoms with van der Waals surface area (Å²) >= 11 is 0. The summed E-state index contributed by atoms with van der Waals surface area (Å²) in [5.74, 6) is 2.09. The van der Waals surface area contributed by atoms with Crippen molar-refractivity contribution >= 4 is 5.82 Å². The monoisotopic (exact) mass is 315 g/mol. The molecule has 2 aromatic heterocycles. The Labute approximate surface area is 132 Å². The van der Waals surface area contributed by atoms with E-state index in [0.717, 1.165) is 11.4 Å². The van der Waals surface area contributed by atoms with Crippen LogP contribution in [0.1, 0.15) is 23.4 Å². The molecule has 3 aromatic rings. The third kappa shape index (κ3) is 3.50. The van der Waals surface area contributed by atoms with E-state index in [1.165, 1.54) is 12.1 Å². The molecule has 0 spiro atoms. The molecule has 0 aliphatic carbocycles. The lowest BCUT2D eigenvalue weighted by Crippen LogP contribution is -2.05. The number of hydrogen-bond acceptors (Lipinski definition) is 4. The van der Waals surface area contributed by atoms with Gasteiger partial charge >= 0.3 is 0 Å². The molecule has 2 heterocycles. The van der Waals surface area contributed by atoms with Gasteiger partial charge in [-0.3, -0.25) is 9.55 Å². The first-order valence-corrected chi connectivity index (χ1v) is 7.07. The van der Waals surface area contributed by atoms with Crippen molar-refractivity contribution in [1.29, 1.82) is 0 Å². The van der Waals surface area contributed by atoms with E-state index in [1.807, 2.05) is 17.7 Å². The van der Waals surface area contributed by atoms with Crippen molar-refractivity contribution in [2.75, 3.05) is 5.32 Å². The number of benzene rings is 1. The average Bonchev–Trinajstić information content (AvgIpc) is 3.00. The molecule has 1 aromatic carbocycles. The van der Waals surface area contributed by atoms with E-state index >= 15 is 0 Å². The fourth-order valence-corrected chi connectivity index (χ4v) is 2.15. The second kappa shape index (κ2) is 6.51. The van der Waals surface area contributed by atoms with Crippen LogP contribution in [0, 0.1) is 6.92 Å². The fourth-order valence-electron chi connectivity index (χ4n) is 2.15. The Morgan fingerprint density at radius 3 is 2.61 bits per heavy atom. The third-order valence-corrected chi connectivity index (χ3v) is 3.40. The number of nitrogens with zero attached hydrogens (tertiary/aromatic N) is 4. The average molecular weight is 315 g/mol. The van der Waals surface area contributed by atoms with E-state index in [2.05, 4.69) is 20.3 Å². The Balaban J connectivity index is 1.70. The molecule has 0 amide bonds. The third-order valence-electron chi connectivity index (χ3n) is 3.40. The van der Waals surface area contributed by atoms with Crippen LogP contribution >= 0.6 is 0 Å². The Morgan fingerprint density at radius 2 is 1.96 bits per heavy atom. The first kappa shape index (κ1) is 15.1. The Bertz CT molecular complexity index is 783. The first-order valence-electron chi connectivity index (χ1n) is 7.07. The van der Waals surface area contributed by atoms with Crippen molar-refractivity contribution < 1.29 is 8.78 Å². The number of hydrogen-bond donors (Lipinski definition) is 1. The molecular formula is C16H15F2N5. The van der Waals surface area contributed by atoms with Crippen molar-refractivity contribution in [1.82, 2.24) is 19.5 Å². The van der Waals surface area contributed by atoms with Gasteiger partial charge in [0.25, 0.3) is 6.43 Å². The van der Waals surface area contributed by atoms with Gasteiger partial charge in [0.2, 0.25) is 0 Å². The zero-order valence-corrected chi connectivity index (χ0v) is 12.4. The highest BCUT2D eigenvalue weighted by atomic mass is 19.3. The topological polar surface area (TPSA) is 55.6 Å². The fraction of sp³-hybridized carbons (Fsp3) is 0.188. The van der Waals surface area contributed by atoms with E-state index in [-0.39, 0.29) is 5.56 Å². The van der Waals surface area contributed by atoms with Crippen LogP contribution in [-0.4, -0.2) is 19.5 Å². The van der Waals surface area contributed by atoms with E-state index in [1.54, 1.807) is 30.7 Å². The van der Waals surface area contributed by atoms with Crippen LogP contribution in [0.3, 0.4) is 0 Å². The van der Waals surface area contributed by atoms with Gasteiger partial charge in [0.1, 0.15) is 11.6 Å². The van der Waals surface area contributed by atoms with Crippen LogP contribution in [0.15, 0.2) is 49.1 Å². The SMILES string of the molecule is Cc1nccn1-c1cncc(NCc2ccc(C(F)F)cc2)n1. The van der Waals surface area contributed by atoms with Gasteiger partial charge in [-0.15, -0.1) is 0 Å². The van der Waals surface area contributed by atoms with Crippen LogP contribution in [-0.2, 0) is 6.54 Å². The maximum Gasteiger partial charge on any atom is 0.263 e. The molecule has 23 heavy (non-hydrogen) atoms. The number of alkyl halides is 2. The number of imidazole rings is 1. The smallest absolute Gasteiger partial charge is 0.263 e. The molecular weight excluding hydrogens is 300 g/mol. The van der Waals surface area contributed by atoms with E-state index in [9.17, 15) is 8.78 Å². The molecule has 3 rings (SSSR count). The number of anilines is 1. The van der Waals surface area contributed by atoms with Crippen LogP contribution in [0.2, 0.25) is 0 Å². The zero-order chi connectivity index (χ0) is 16.2. The predicted octanol–water partition coefficient (Wildman–Crippen LogP) is 3.52. The van der Waals surface area contributed by atoms with Crippen molar-refractivity contribution in [3.63, 3.8) is 0 Å². The van der Waals surface area contributed by atoms with Gasteiger partial charge in [0, 0.05) is 24.5 Å². The highest BCUT2D eigenvalue weighted by Gasteiger charge is 2.06. The summed E-state index contributed by atoms with van der Waals surface area (Å²) < 4.78 is 26.9. The van der Waals surface area contributed by atoms with Crippen LogP contribution in [0.25, 0.3) is 5.82 Å². The van der Waals surface area contributed by atoms with Gasteiger partial charge in [-0.25, -0.2) is 18.7 Å². The predicted molar refractivity (Wildman–Crippen MR) is 82.6 cm³/mol. The van der Waals surface area contributed by atoms with Crippen LogP contribution in [0.4, 0.5) is 14.6 Å². The maximum atomic E-state index is 12.5. The molecule has 118 valence electrons. The molecule has 7 heteroatoms. The molecule has 0 fully saturated rings. The standard InChI is InChI=1S/C16H15F2N5/c1-11-20-6-7-23(11)15-10-19-9-14(22-15)21-8-12-2-4-13(5-3-12)16(17)18/h2-7,9-10,16H,8H2,1H3,(H,21,22). The number of aryl methyl sites for hydroxylation is 1. The molecule has 0 saturated heterocycles. The summed E-state index contributed by atoms with van der Waals surface area (Å²) in [4.78, 5) is 12.8. The van der Waals surface area contributed by atoms with Gasteiger partial charge in [-0.2, -0.15) is 0 Å². The lowest BCUT2D eigenvalue weighted by atomic mass is 10.1. The lowest BCUT2D eigenvalue weighted by molar-refractivity contribution is 0.151. The normalized spacial score (nSPS) is 11.0. The molecule has 0 atom stereocenters. The lowest BCUT2D eigenvalue weighted by Gasteiger charge is -2.09. The number of halogens is 2. The largest absolute Gasteiger partial charge is 0.365 e. The molecule has 0 aliphatic heterocycles. The summed E-state index contributed by atoms with van der Waals surface area (Å²) in [5.41, 5.74) is 0.909. The molecule has 0 aliphatic rings. The van der Waals surface area contributed by atoms with Crippen molar-refractivity contribution in [3.05, 3.63) is 66.0 Å². The van der Waals surface area contributed by atoms with Gasteiger partial charge in [-0.1, -0.05) is 24.3 Å². The molecule has 0 unspecified atom stereocenters. The number of aromatic nitrogens is 4. The second-order valence-corrected chi connectivity index (χ2v) is 5.00. The summed E-state index contributed by atoms with van der Waals surface area (Å²) in [6.07, 6.45) is 4.33. The van der Waals surface area contributed by atoms with Gasteiger partial charge in [0.05, 0.1) is 12.4 Å². The minimum Gasteiger partial charge on any atom is -0.365 e. The highest BCUT2D eigenvalue weighted by Crippen LogP contribution is 2.19. The zero-order valence-electron chi connectivity index (χ0n) is 12.4. The second-order valence-electron chi connectivity index (χ2n) is 5.00. The van der Waals surface area contributed by atoms with Gasteiger partial charge < -0.3 is 5.32 Å². The molecule has 1 N–H and O–H groups in total. The summed E-state index contributed by atoms with van der Waals surface area (Å²) in [6, 6.07) is 6.20. The maximum absolute atomic E-state index is 12.5. The summed E-state index contributed by atoms with van der Waals surface area (Å²) in [7, 11) is 0. The molecule has 0 bridgehead atoms. The highest BCUT2D eigenvalue weighted by molar-refractivity contribution is 5.38. The van der Waals surface area contributed by atoms with Gasteiger partial charge in [-0.05, 0) is 12.5 Å². The quantitative estimate of drug-likeness (QED) is 0.782. The van der Waals surface area contributed by atoms with Crippen molar-refractivity contribution in [2.45, 2.75) is 19.9 Å². The minimum atomic E-state index is -2.45. The van der Waals surface area contributed by atoms with E-state index in [0.29, 0.717) is 18.2 Å². The first-order chi connectivity index (χ1) is 11.1. The Kier molecular flexibility index (Phi) is 4.27. The summed E-state index contributed by atoms with van der Waals surface area (Å²) in [6.45, 7) is 2.36. The minimum absolute atomic E-state index is 0.0196. The van der Waals surface area contributed by atoms with Crippen molar-refractivity contribution in [3.8, 4) is 5.82 Å². The molecule has 5 nitrogen and oxygen atoms in total. The Hall–Kier alpha value is -2.83. The number of rotatable bonds is 5. The molecule has 0 saturated carbocycles. The van der Waals surface area contributed by atoms with Crippen LogP contribution < -0.4 is 5.32 Å². The van der Waals surface area contributed by atoms with E-state index < -0.39 is 6.43 Å². The van der Waals surface area contributed by atoms with Crippen molar-refractivity contribution in [2.24, 2.45) is 0 Å². The van der Waals surface area contributed by atoms with Crippen LogP contribution in [0.5, 0.6) is 0 Å². The van der Waals surface area contributed by atoms with E-state index in [4.69, 9.17) is 0 Å². The Morgan fingerprint density at radius 1 is 1.17 bits per heavy atom. The number of nitrogens with one attached hydrogen (secondary N) is 1. The molecule has 0 radical (unpaired) electrons. The van der Waals surface area contributed by atoms with Gasteiger partial charge in [0.15, 0.2) is 5.82 Å².